The molecule has 3 aliphatic rings. The maximum Gasteiger partial charge on any atom is 0.387 e. The first-order chi connectivity index (χ1) is 18.7. The van der Waals surface area contributed by atoms with Gasteiger partial charge in [0.15, 0.2) is 11.5 Å². The van der Waals surface area contributed by atoms with Crippen LogP contribution >= 0.6 is 0 Å². The second-order valence-corrected chi connectivity index (χ2v) is 12.1. The van der Waals surface area contributed by atoms with E-state index in [1.165, 1.54) is 24.4 Å². The average Bonchev–Trinajstić information content (AvgIpc) is 2.92. The lowest BCUT2D eigenvalue weighted by Gasteiger charge is -2.38. The molecule has 2 aromatic carbocycles. The van der Waals surface area contributed by atoms with E-state index in [2.05, 4.69) is 0 Å². The van der Waals surface area contributed by atoms with Crippen molar-refractivity contribution in [1.29, 1.82) is 0 Å². The second kappa shape index (κ2) is 11.2. The molecule has 3 unspecified atom stereocenters. The summed E-state index contributed by atoms with van der Waals surface area (Å²) in [5.74, 6) is -0.479. The van der Waals surface area contributed by atoms with Gasteiger partial charge in [-0.15, -0.1) is 0 Å². The van der Waals surface area contributed by atoms with Gasteiger partial charge in [0.05, 0.1) is 23.8 Å². The minimum Gasteiger partial charge on any atom is -0.493 e. The third-order valence-electron chi connectivity index (χ3n) is 7.66. The molecule has 2 heterocycles. The zero-order chi connectivity index (χ0) is 27.7. The van der Waals surface area contributed by atoms with Gasteiger partial charge in [-0.3, -0.25) is 9.79 Å². The third-order valence-corrected chi connectivity index (χ3v) is 9.55. The summed E-state index contributed by atoms with van der Waals surface area (Å²) in [5, 5.41) is 0. The largest absolute Gasteiger partial charge is 0.493 e. The van der Waals surface area contributed by atoms with Crippen LogP contribution < -0.4 is 9.47 Å². The van der Waals surface area contributed by atoms with E-state index in [0.29, 0.717) is 49.2 Å². The van der Waals surface area contributed by atoms with Crippen LogP contribution in [-0.2, 0) is 19.6 Å². The smallest absolute Gasteiger partial charge is 0.387 e. The van der Waals surface area contributed by atoms with E-state index >= 15 is 0 Å². The van der Waals surface area contributed by atoms with E-state index < -0.39 is 16.6 Å². The molecule has 0 aromatic heterocycles. The van der Waals surface area contributed by atoms with Gasteiger partial charge in [0.1, 0.15) is 6.10 Å². The summed E-state index contributed by atoms with van der Waals surface area (Å²) in [4.78, 5) is 16.8. The Morgan fingerprint density at radius 3 is 2.54 bits per heavy atom. The van der Waals surface area contributed by atoms with Crippen molar-refractivity contribution in [2.24, 2.45) is 4.99 Å². The fourth-order valence-electron chi connectivity index (χ4n) is 5.91. The van der Waals surface area contributed by atoms with Crippen LogP contribution in [-0.4, -0.2) is 63.4 Å². The molecule has 1 aliphatic carbocycles. The Hall–Kier alpha value is -3.05. The van der Waals surface area contributed by atoms with Crippen molar-refractivity contribution in [1.82, 2.24) is 4.31 Å². The van der Waals surface area contributed by atoms with Crippen molar-refractivity contribution >= 4 is 21.7 Å². The molecule has 2 aromatic rings. The monoisotopic (exact) mass is 562 g/mol. The number of carbonyl (C=O) groups is 1. The Morgan fingerprint density at radius 1 is 1.08 bits per heavy atom. The number of fused-ring (bicyclic) bond motifs is 3. The van der Waals surface area contributed by atoms with Crippen LogP contribution in [0.5, 0.6) is 11.5 Å². The molecule has 0 spiro atoms. The number of piperidine rings is 1. The summed E-state index contributed by atoms with van der Waals surface area (Å²) < 4.78 is 70.5. The summed E-state index contributed by atoms with van der Waals surface area (Å²) in [6.07, 6.45) is 4.18. The van der Waals surface area contributed by atoms with Crippen molar-refractivity contribution in [3.8, 4) is 11.5 Å². The first-order valence-corrected chi connectivity index (χ1v) is 14.6. The molecule has 8 nitrogen and oxygen atoms in total. The summed E-state index contributed by atoms with van der Waals surface area (Å²) >= 11 is 0. The molecule has 1 saturated heterocycles. The van der Waals surface area contributed by atoms with Crippen LogP contribution in [0.25, 0.3) is 0 Å². The molecule has 0 amide bonds. The molecule has 210 valence electrons. The molecule has 11 heteroatoms. The van der Waals surface area contributed by atoms with Crippen molar-refractivity contribution in [2.75, 3.05) is 20.2 Å². The number of nitrogens with zero attached hydrogens (tertiary/aromatic N) is 2. The number of ether oxygens (including phenoxy) is 3. The molecule has 0 radical (unpaired) electrons. The average molecular weight is 563 g/mol. The zero-order valence-corrected chi connectivity index (χ0v) is 22.8. The lowest BCUT2D eigenvalue weighted by Crippen LogP contribution is -2.36. The third kappa shape index (κ3) is 5.65. The number of halogens is 2. The number of esters is 1. The highest BCUT2D eigenvalue weighted by Crippen LogP contribution is 2.46. The van der Waals surface area contributed by atoms with E-state index in [-0.39, 0.29) is 40.4 Å². The molecular weight excluding hydrogens is 530 g/mol. The van der Waals surface area contributed by atoms with Crippen molar-refractivity contribution in [3.63, 3.8) is 0 Å². The first kappa shape index (κ1) is 27.5. The van der Waals surface area contributed by atoms with E-state index in [4.69, 9.17) is 19.2 Å². The highest BCUT2D eigenvalue weighted by molar-refractivity contribution is 7.89. The maximum absolute atomic E-state index is 13.4. The Labute approximate surface area is 227 Å². The van der Waals surface area contributed by atoms with E-state index in [1.807, 2.05) is 0 Å². The van der Waals surface area contributed by atoms with Gasteiger partial charge in [-0.05, 0) is 61.9 Å². The minimum atomic E-state index is -3.69. The number of methoxy groups -OCH3 is 1. The Morgan fingerprint density at radius 2 is 1.85 bits per heavy atom. The van der Waals surface area contributed by atoms with Gasteiger partial charge in [0.25, 0.3) is 0 Å². The number of benzene rings is 2. The van der Waals surface area contributed by atoms with E-state index in [0.717, 1.165) is 24.8 Å². The maximum atomic E-state index is 13.4. The number of hydrogen-bond donors (Lipinski definition) is 0. The fraction of sp³-hybridized carbons (Fsp3) is 0.500. The lowest BCUT2D eigenvalue weighted by molar-refractivity contribution is -0.148. The van der Waals surface area contributed by atoms with E-state index in [9.17, 15) is 22.0 Å². The predicted octanol–water partition coefficient (Wildman–Crippen LogP) is 4.89. The van der Waals surface area contributed by atoms with Gasteiger partial charge in [0, 0.05) is 37.1 Å². The van der Waals surface area contributed by atoms with Crippen molar-refractivity contribution in [2.45, 2.75) is 75.0 Å². The molecule has 0 N–H and O–H groups in total. The normalized spacial score (nSPS) is 23.4. The van der Waals surface area contributed by atoms with Crippen LogP contribution in [0.2, 0.25) is 0 Å². The summed E-state index contributed by atoms with van der Waals surface area (Å²) in [6.45, 7) is -0.719. The Balaban J connectivity index is 1.59. The van der Waals surface area contributed by atoms with Gasteiger partial charge in [-0.2, -0.15) is 13.1 Å². The van der Waals surface area contributed by atoms with Crippen molar-refractivity contribution in [3.05, 3.63) is 53.1 Å². The molecule has 5 rings (SSSR count). The predicted molar refractivity (Wildman–Crippen MR) is 140 cm³/mol. The number of alkyl halides is 2. The van der Waals surface area contributed by atoms with Crippen LogP contribution in [0.3, 0.4) is 0 Å². The Bertz CT molecular complexity index is 1370. The number of sulfonamides is 1. The lowest BCUT2D eigenvalue weighted by atomic mass is 9.74. The number of hydrogen-bond acceptors (Lipinski definition) is 7. The fourth-order valence-corrected chi connectivity index (χ4v) is 7.47. The summed E-state index contributed by atoms with van der Waals surface area (Å²) in [7, 11) is -2.31. The van der Waals surface area contributed by atoms with E-state index in [1.54, 1.807) is 30.3 Å². The highest BCUT2D eigenvalue weighted by atomic mass is 32.2. The minimum absolute atomic E-state index is 0.137. The molecule has 0 bridgehead atoms. The summed E-state index contributed by atoms with van der Waals surface area (Å²) in [6, 6.07) is 9.65. The van der Waals surface area contributed by atoms with Crippen LogP contribution in [0.4, 0.5) is 8.78 Å². The number of rotatable bonds is 7. The highest BCUT2D eigenvalue weighted by Gasteiger charge is 2.39. The van der Waals surface area contributed by atoms with Gasteiger partial charge in [-0.1, -0.05) is 18.6 Å². The van der Waals surface area contributed by atoms with Gasteiger partial charge in [-0.25, -0.2) is 8.42 Å². The van der Waals surface area contributed by atoms with Crippen LogP contribution in [0, 0.1) is 0 Å². The van der Waals surface area contributed by atoms with Crippen LogP contribution in [0.15, 0.2) is 46.3 Å². The van der Waals surface area contributed by atoms with Gasteiger partial charge >= 0.3 is 12.6 Å². The van der Waals surface area contributed by atoms with Gasteiger partial charge < -0.3 is 14.2 Å². The molecule has 2 aliphatic heterocycles. The zero-order valence-electron chi connectivity index (χ0n) is 21.9. The van der Waals surface area contributed by atoms with Crippen LogP contribution in [0.1, 0.15) is 68.1 Å². The molecule has 39 heavy (non-hydrogen) atoms. The van der Waals surface area contributed by atoms with Gasteiger partial charge in [0.2, 0.25) is 10.0 Å². The molecule has 2 fully saturated rings. The number of carbonyl (C=O) groups excluding carboxylic acids is 1. The topological polar surface area (TPSA) is 94.5 Å². The second-order valence-electron chi connectivity index (χ2n) is 10.2. The van der Waals surface area contributed by atoms with Crippen molar-refractivity contribution < 1.29 is 36.2 Å². The molecule has 3 atom stereocenters. The number of aliphatic imine (C=N–C) groups is 1. The first-order valence-electron chi connectivity index (χ1n) is 13.2. The molecule has 1 saturated carbocycles. The Kier molecular flexibility index (Phi) is 7.91. The quantitative estimate of drug-likeness (QED) is 0.446. The summed E-state index contributed by atoms with van der Waals surface area (Å²) in [5.41, 5.74) is 2.45. The SMILES string of the molecule is COc1cc2c(cc1OC(F)F)C(c1cccc(S(=O)(=O)N3CCCCC3)c1)=NC1CCC(OC(C)=O)CC21. The standard InChI is InChI=1S/C28H32F2N2O6S/c1-17(33)37-19-9-10-24-22(14-19)21-15-25(36-2)26(38-28(29)30)16-23(21)27(31-24)18-7-6-8-20(13-18)39(34,35)32-11-4-3-5-12-32/h6-8,13,15-16,19,22,24,28H,3-5,9-12,14H2,1-2H3. The molecular formula is C28H32F2N2O6S.